The van der Waals surface area contributed by atoms with Crippen molar-refractivity contribution in [3.8, 4) is 0 Å². The zero-order valence-corrected chi connectivity index (χ0v) is 24.8. The maximum atomic E-state index is 13.7. The Kier molecular flexibility index (Phi) is 15.5. The molecule has 0 spiro atoms. The number of Topliss-reactive ketones (excluding diaryl/α,β-unsaturated/α-hetero) is 1. The largest absolute Gasteiger partial charge is 0.390 e. The van der Waals surface area contributed by atoms with Gasteiger partial charge in [0.2, 0.25) is 17.7 Å². The van der Waals surface area contributed by atoms with E-state index < -0.39 is 42.1 Å². The van der Waals surface area contributed by atoms with Gasteiger partial charge in [-0.1, -0.05) is 60.6 Å². The third kappa shape index (κ3) is 10.9. The van der Waals surface area contributed by atoms with E-state index in [4.69, 9.17) is 0 Å². The van der Waals surface area contributed by atoms with Crippen molar-refractivity contribution in [1.82, 2.24) is 20.9 Å². The second kappa shape index (κ2) is 16.6. The second-order valence-corrected chi connectivity index (χ2v) is 11.2. The van der Waals surface area contributed by atoms with Gasteiger partial charge in [0, 0.05) is 7.05 Å². The first kappa shape index (κ1) is 34.7. The lowest BCUT2D eigenvalue weighted by atomic mass is 9.91. The fourth-order valence-corrected chi connectivity index (χ4v) is 4.29. The number of ketones is 1. The van der Waals surface area contributed by atoms with Crippen LogP contribution in [-0.4, -0.2) is 77.9 Å². The molecule has 0 aromatic carbocycles. The average molecular weight is 525 g/mol. The van der Waals surface area contributed by atoms with Crippen LogP contribution in [0.15, 0.2) is 12.2 Å². The average Bonchev–Trinajstić information content (AvgIpc) is 2.81. The van der Waals surface area contributed by atoms with Gasteiger partial charge in [-0.2, -0.15) is 0 Å². The van der Waals surface area contributed by atoms with E-state index in [-0.39, 0.29) is 35.4 Å². The molecule has 1 unspecified atom stereocenters. The van der Waals surface area contributed by atoms with Crippen molar-refractivity contribution in [3.05, 3.63) is 12.2 Å². The van der Waals surface area contributed by atoms with E-state index >= 15 is 0 Å². The van der Waals surface area contributed by atoms with E-state index in [0.717, 1.165) is 0 Å². The third-order valence-electron chi connectivity index (χ3n) is 6.69. The van der Waals surface area contributed by atoms with Crippen molar-refractivity contribution in [2.45, 2.75) is 105 Å². The minimum absolute atomic E-state index is 0.164. The number of carbonyl (C=O) groups is 4. The summed E-state index contributed by atoms with van der Waals surface area (Å²) in [6, 6.07) is -3.36. The van der Waals surface area contributed by atoms with E-state index in [1.807, 2.05) is 60.6 Å². The number of nitrogens with zero attached hydrogens (tertiary/aromatic N) is 1. The number of likely N-dealkylation sites (N-methyl/N-ethyl adjacent to an activating group) is 2. The maximum Gasteiger partial charge on any atom is 0.246 e. The SMILES string of the molecule is C/C=C/C[C@@H](C)[C@@H](O)C(C(=O)N[C@H](C(C)=O)C(C)C)N(C)C(=O)[C@@H](NC(=O)[C@H](CC(C)C)NC)C(C)C. The number of allylic oxidation sites excluding steroid dienone is 2. The standard InChI is InChI=1S/C28H52N4O5/c1-12-13-14-19(8)25(34)24(27(36)30-22(17(4)5)20(9)33)32(11)28(37)23(18(6)7)31-26(35)21(29-10)15-16(2)3/h12-13,16-19,21-25,29,34H,14-15H2,1-11H3,(H,30,36)(H,31,35)/b13-12+/t19-,21+,22+,23+,24?,25-/m1/s1. The highest BCUT2D eigenvalue weighted by molar-refractivity contribution is 5.95. The molecule has 4 N–H and O–H groups in total. The van der Waals surface area contributed by atoms with E-state index in [2.05, 4.69) is 16.0 Å². The highest BCUT2D eigenvalue weighted by Gasteiger charge is 2.40. The summed E-state index contributed by atoms with van der Waals surface area (Å²) in [4.78, 5) is 53.6. The molecule has 0 rings (SSSR count). The summed E-state index contributed by atoms with van der Waals surface area (Å²) in [6.07, 6.45) is 3.66. The molecular formula is C28H52N4O5. The van der Waals surface area contributed by atoms with Gasteiger partial charge in [0.05, 0.1) is 18.2 Å². The lowest BCUT2D eigenvalue weighted by Crippen LogP contribution is -2.62. The second-order valence-electron chi connectivity index (χ2n) is 11.2. The first-order valence-corrected chi connectivity index (χ1v) is 13.4. The van der Waals surface area contributed by atoms with Crippen molar-refractivity contribution < 1.29 is 24.3 Å². The van der Waals surface area contributed by atoms with Crippen LogP contribution in [0.2, 0.25) is 0 Å². The number of hydrogen-bond donors (Lipinski definition) is 4. The predicted octanol–water partition coefficient (Wildman–Crippen LogP) is 2.28. The molecule has 0 aliphatic rings. The van der Waals surface area contributed by atoms with Gasteiger partial charge in [0.25, 0.3) is 0 Å². The minimum Gasteiger partial charge on any atom is -0.390 e. The van der Waals surface area contributed by atoms with Crippen LogP contribution in [0, 0.1) is 23.7 Å². The van der Waals surface area contributed by atoms with Gasteiger partial charge in [-0.15, -0.1) is 0 Å². The Balaban J connectivity index is 6.18. The number of nitrogens with one attached hydrogen (secondary N) is 3. The van der Waals surface area contributed by atoms with Gasteiger partial charge in [-0.3, -0.25) is 19.2 Å². The van der Waals surface area contributed by atoms with E-state index in [0.29, 0.717) is 12.8 Å². The zero-order chi connectivity index (χ0) is 29.0. The number of amides is 3. The van der Waals surface area contributed by atoms with Crippen LogP contribution in [0.5, 0.6) is 0 Å². The van der Waals surface area contributed by atoms with Crippen molar-refractivity contribution in [2.24, 2.45) is 23.7 Å². The molecule has 37 heavy (non-hydrogen) atoms. The lowest BCUT2D eigenvalue weighted by molar-refractivity contribution is -0.148. The van der Waals surface area contributed by atoms with Gasteiger partial charge in [-0.25, -0.2) is 0 Å². The fourth-order valence-electron chi connectivity index (χ4n) is 4.29. The molecule has 9 nitrogen and oxygen atoms in total. The molecule has 0 aromatic heterocycles. The smallest absolute Gasteiger partial charge is 0.246 e. The van der Waals surface area contributed by atoms with E-state index in [1.165, 1.54) is 18.9 Å². The quantitative estimate of drug-likeness (QED) is 0.229. The van der Waals surface area contributed by atoms with Crippen molar-refractivity contribution in [2.75, 3.05) is 14.1 Å². The Morgan fingerprint density at radius 3 is 1.81 bits per heavy atom. The Labute approximate surface area is 224 Å². The van der Waals surface area contributed by atoms with Crippen LogP contribution in [0.4, 0.5) is 0 Å². The molecule has 0 radical (unpaired) electrons. The Morgan fingerprint density at radius 2 is 1.41 bits per heavy atom. The summed E-state index contributed by atoms with van der Waals surface area (Å²) < 4.78 is 0. The van der Waals surface area contributed by atoms with Crippen LogP contribution in [0.3, 0.4) is 0 Å². The molecule has 0 saturated heterocycles. The summed E-state index contributed by atoms with van der Waals surface area (Å²) in [5, 5.41) is 19.8. The predicted molar refractivity (Wildman–Crippen MR) is 148 cm³/mol. The number of aliphatic hydroxyl groups is 1. The number of carbonyl (C=O) groups excluding carboxylic acids is 4. The van der Waals surface area contributed by atoms with Crippen LogP contribution in [-0.2, 0) is 19.2 Å². The van der Waals surface area contributed by atoms with E-state index in [9.17, 15) is 24.3 Å². The van der Waals surface area contributed by atoms with Gasteiger partial charge in [0.1, 0.15) is 12.1 Å². The minimum atomic E-state index is -1.25. The highest BCUT2D eigenvalue weighted by Crippen LogP contribution is 2.20. The molecule has 9 heteroatoms. The van der Waals surface area contributed by atoms with Crippen LogP contribution >= 0.6 is 0 Å². The van der Waals surface area contributed by atoms with Gasteiger partial charge < -0.3 is 26.0 Å². The van der Waals surface area contributed by atoms with Crippen LogP contribution in [0.25, 0.3) is 0 Å². The molecule has 0 fully saturated rings. The molecule has 0 aromatic rings. The Bertz CT molecular complexity index is 781. The van der Waals surface area contributed by atoms with Crippen LogP contribution in [0.1, 0.15) is 75.2 Å². The van der Waals surface area contributed by atoms with Crippen LogP contribution < -0.4 is 16.0 Å². The third-order valence-corrected chi connectivity index (χ3v) is 6.69. The molecule has 6 atom stereocenters. The number of hydrogen-bond acceptors (Lipinski definition) is 6. The Hall–Kier alpha value is -2.26. The summed E-state index contributed by atoms with van der Waals surface area (Å²) in [6.45, 7) is 16.4. The van der Waals surface area contributed by atoms with Gasteiger partial charge in [-0.05, 0) is 57.4 Å². The normalized spacial score (nSPS) is 16.8. The number of aliphatic hydroxyl groups excluding tert-OH is 1. The summed E-state index contributed by atoms with van der Waals surface area (Å²) >= 11 is 0. The molecule has 3 amide bonds. The molecule has 0 heterocycles. The van der Waals surface area contributed by atoms with Gasteiger partial charge >= 0.3 is 0 Å². The molecule has 0 saturated carbocycles. The van der Waals surface area contributed by atoms with Crippen molar-refractivity contribution in [3.63, 3.8) is 0 Å². The van der Waals surface area contributed by atoms with Crippen molar-refractivity contribution in [1.29, 1.82) is 0 Å². The molecule has 0 aliphatic heterocycles. The van der Waals surface area contributed by atoms with Crippen molar-refractivity contribution >= 4 is 23.5 Å². The molecule has 214 valence electrons. The fraction of sp³-hybridized carbons (Fsp3) is 0.786. The lowest BCUT2D eigenvalue weighted by Gasteiger charge is -2.37. The first-order valence-electron chi connectivity index (χ1n) is 13.4. The maximum absolute atomic E-state index is 13.7. The highest BCUT2D eigenvalue weighted by atomic mass is 16.3. The molecule has 0 bridgehead atoms. The molecule has 0 aliphatic carbocycles. The van der Waals surface area contributed by atoms with Gasteiger partial charge in [0.15, 0.2) is 5.78 Å². The summed E-state index contributed by atoms with van der Waals surface area (Å²) in [5.41, 5.74) is 0. The zero-order valence-electron chi connectivity index (χ0n) is 24.8. The topological polar surface area (TPSA) is 128 Å². The molecular weight excluding hydrogens is 472 g/mol. The number of rotatable bonds is 16. The summed E-state index contributed by atoms with van der Waals surface area (Å²) in [7, 11) is 3.16. The first-order chi connectivity index (χ1) is 17.1. The Morgan fingerprint density at radius 1 is 0.892 bits per heavy atom. The van der Waals surface area contributed by atoms with E-state index in [1.54, 1.807) is 14.0 Å². The monoisotopic (exact) mass is 524 g/mol. The summed E-state index contributed by atoms with van der Waals surface area (Å²) in [5.74, 6) is -2.09.